The maximum Gasteiger partial charge on any atom is 0.128 e. The first-order chi connectivity index (χ1) is 6.59. The van der Waals surface area contributed by atoms with Gasteiger partial charge in [0, 0.05) is 17.2 Å². The fraction of sp³-hybridized carbons (Fsp3) is 0.545. The number of nitrogens with zero attached hydrogens (tertiary/aromatic N) is 1. The van der Waals surface area contributed by atoms with E-state index in [9.17, 15) is 0 Å². The normalized spacial score (nSPS) is 10.6. The largest absolute Gasteiger partial charge is 0.370 e. The Morgan fingerprint density at radius 1 is 1.50 bits per heavy atom. The first kappa shape index (κ1) is 11.5. The molecule has 0 atom stereocenters. The minimum Gasteiger partial charge on any atom is -0.370 e. The van der Waals surface area contributed by atoms with Crippen molar-refractivity contribution in [3.05, 3.63) is 22.3 Å². The lowest BCUT2D eigenvalue weighted by Crippen LogP contribution is -2.07. The molecule has 1 heterocycles. The third kappa shape index (κ3) is 3.66. The molecule has 0 saturated carbocycles. The van der Waals surface area contributed by atoms with Gasteiger partial charge in [-0.3, -0.25) is 0 Å². The summed E-state index contributed by atoms with van der Waals surface area (Å²) in [7, 11) is 0. The number of hydrogen-bond acceptors (Lipinski definition) is 2. The Hall–Kier alpha value is -0.570. The number of aryl methyl sites for hydroxylation is 1. The second kappa shape index (κ2) is 5.35. The van der Waals surface area contributed by atoms with Crippen LogP contribution in [-0.4, -0.2) is 11.5 Å². The molecule has 0 aromatic carbocycles. The molecular weight excluding hydrogens is 240 g/mol. The number of aromatic nitrogens is 1. The van der Waals surface area contributed by atoms with Gasteiger partial charge in [0.25, 0.3) is 0 Å². The lowest BCUT2D eigenvalue weighted by molar-refractivity contribution is 0.606. The van der Waals surface area contributed by atoms with Gasteiger partial charge in [-0.1, -0.05) is 13.8 Å². The minimum atomic E-state index is 0.734. The van der Waals surface area contributed by atoms with Crippen LogP contribution in [0, 0.1) is 12.8 Å². The lowest BCUT2D eigenvalue weighted by atomic mass is 10.1. The zero-order valence-corrected chi connectivity index (χ0v) is 10.6. The molecule has 0 spiro atoms. The molecule has 0 aliphatic heterocycles. The number of nitrogens with one attached hydrogen (secondary N) is 1. The van der Waals surface area contributed by atoms with Crippen molar-refractivity contribution in [2.24, 2.45) is 5.92 Å². The van der Waals surface area contributed by atoms with Crippen LogP contribution in [-0.2, 0) is 0 Å². The second-order valence-corrected chi connectivity index (χ2v) is 4.84. The monoisotopic (exact) mass is 256 g/mol. The predicted molar refractivity (Wildman–Crippen MR) is 64.6 cm³/mol. The van der Waals surface area contributed by atoms with Crippen molar-refractivity contribution in [3.63, 3.8) is 0 Å². The first-order valence-corrected chi connectivity index (χ1v) is 5.75. The van der Waals surface area contributed by atoms with Crippen LogP contribution in [0.2, 0.25) is 0 Å². The van der Waals surface area contributed by atoms with Crippen molar-refractivity contribution in [1.29, 1.82) is 0 Å². The molecule has 0 bridgehead atoms. The van der Waals surface area contributed by atoms with Gasteiger partial charge in [-0.25, -0.2) is 4.98 Å². The molecule has 0 aliphatic carbocycles. The number of anilines is 1. The molecule has 3 heteroatoms. The van der Waals surface area contributed by atoms with Crippen LogP contribution in [0.4, 0.5) is 5.82 Å². The summed E-state index contributed by atoms with van der Waals surface area (Å²) in [6.45, 7) is 7.51. The Balaban J connectivity index is 2.51. The van der Waals surface area contributed by atoms with E-state index in [0.29, 0.717) is 0 Å². The van der Waals surface area contributed by atoms with E-state index in [1.807, 2.05) is 6.20 Å². The molecule has 0 aliphatic rings. The number of rotatable bonds is 4. The van der Waals surface area contributed by atoms with Gasteiger partial charge >= 0.3 is 0 Å². The third-order valence-electron chi connectivity index (χ3n) is 2.06. The summed E-state index contributed by atoms with van der Waals surface area (Å²) >= 11 is 3.40. The Kier molecular flexibility index (Phi) is 4.39. The Bertz CT molecular complexity index is 297. The summed E-state index contributed by atoms with van der Waals surface area (Å²) in [6, 6.07) is 2.07. The van der Waals surface area contributed by atoms with Crippen molar-refractivity contribution in [2.45, 2.75) is 27.2 Å². The highest BCUT2D eigenvalue weighted by molar-refractivity contribution is 9.10. The van der Waals surface area contributed by atoms with E-state index in [2.05, 4.69) is 53.1 Å². The van der Waals surface area contributed by atoms with Crippen LogP contribution >= 0.6 is 15.9 Å². The molecule has 0 saturated heterocycles. The summed E-state index contributed by atoms with van der Waals surface area (Å²) in [5.74, 6) is 1.73. The van der Waals surface area contributed by atoms with Gasteiger partial charge in [-0.15, -0.1) is 0 Å². The summed E-state index contributed by atoms with van der Waals surface area (Å²) in [5, 5.41) is 3.34. The standard InChI is InChI=1S/C11H17BrN2/c1-8(2)4-5-13-11-9(3)6-10(12)7-14-11/h6-8H,4-5H2,1-3H3,(H,13,14). The van der Waals surface area contributed by atoms with Crippen molar-refractivity contribution < 1.29 is 0 Å². The van der Waals surface area contributed by atoms with Gasteiger partial charge < -0.3 is 5.32 Å². The molecule has 1 N–H and O–H groups in total. The number of halogens is 1. The average molecular weight is 257 g/mol. The molecule has 1 rings (SSSR count). The fourth-order valence-electron chi connectivity index (χ4n) is 1.20. The highest BCUT2D eigenvalue weighted by Crippen LogP contribution is 2.16. The smallest absolute Gasteiger partial charge is 0.128 e. The van der Waals surface area contributed by atoms with E-state index in [4.69, 9.17) is 0 Å². The van der Waals surface area contributed by atoms with Crippen molar-refractivity contribution in [3.8, 4) is 0 Å². The average Bonchev–Trinajstić information content (AvgIpc) is 2.08. The Morgan fingerprint density at radius 2 is 2.21 bits per heavy atom. The zero-order valence-electron chi connectivity index (χ0n) is 8.97. The number of pyridine rings is 1. The van der Waals surface area contributed by atoms with E-state index in [1.165, 1.54) is 12.0 Å². The van der Waals surface area contributed by atoms with Crippen LogP contribution in [0.3, 0.4) is 0 Å². The maximum atomic E-state index is 4.32. The molecular formula is C11H17BrN2. The highest BCUT2D eigenvalue weighted by atomic mass is 79.9. The molecule has 14 heavy (non-hydrogen) atoms. The van der Waals surface area contributed by atoms with Gasteiger partial charge in [-0.05, 0) is 46.8 Å². The quantitative estimate of drug-likeness (QED) is 0.891. The first-order valence-electron chi connectivity index (χ1n) is 4.95. The SMILES string of the molecule is Cc1cc(Br)cnc1NCCC(C)C. The third-order valence-corrected chi connectivity index (χ3v) is 2.49. The van der Waals surface area contributed by atoms with Gasteiger partial charge in [0.05, 0.1) is 0 Å². The molecule has 0 fully saturated rings. The Labute approximate surface area is 94.3 Å². The summed E-state index contributed by atoms with van der Waals surface area (Å²) in [4.78, 5) is 4.32. The van der Waals surface area contributed by atoms with E-state index >= 15 is 0 Å². The minimum absolute atomic E-state index is 0.734. The summed E-state index contributed by atoms with van der Waals surface area (Å²) in [5.41, 5.74) is 1.18. The predicted octanol–water partition coefficient (Wildman–Crippen LogP) is 3.61. The lowest BCUT2D eigenvalue weighted by Gasteiger charge is -2.09. The van der Waals surface area contributed by atoms with Gasteiger partial charge in [-0.2, -0.15) is 0 Å². The van der Waals surface area contributed by atoms with Crippen LogP contribution in [0.25, 0.3) is 0 Å². The molecule has 1 aromatic heterocycles. The Morgan fingerprint density at radius 3 is 2.79 bits per heavy atom. The van der Waals surface area contributed by atoms with E-state index in [-0.39, 0.29) is 0 Å². The van der Waals surface area contributed by atoms with Gasteiger partial charge in [0.1, 0.15) is 5.82 Å². The van der Waals surface area contributed by atoms with Gasteiger partial charge in [0.2, 0.25) is 0 Å². The maximum absolute atomic E-state index is 4.32. The molecule has 1 aromatic rings. The zero-order chi connectivity index (χ0) is 10.6. The van der Waals surface area contributed by atoms with E-state index in [1.54, 1.807) is 0 Å². The fourth-order valence-corrected chi connectivity index (χ4v) is 1.65. The molecule has 0 amide bonds. The van der Waals surface area contributed by atoms with Crippen molar-refractivity contribution >= 4 is 21.7 Å². The highest BCUT2D eigenvalue weighted by Gasteiger charge is 2.00. The second-order valence-electron chi connectivity index (χ2n) is 3.93. The summed E-state index contributed by atoms with van der Waals surface area (Å²) < 4.78 is 1.03. The van der Waals surface area contributed by atoms with Crippen LogP contribution < -0.4 is 5.32 Å². The molecule has 78 valence electrons. The van der Waals surface area contributed by atoms with Crippen LogP contribution in [0.5, 0.6) is 0 Å². The van der Waals surface area contributed by atoms with Crippen LogP contribution in [0.1, 0.15) is 25.8 Å². The van der Waals surface area contributed by atoms with Crippen molar-refractivity contribution in [2.75, 3.05) is 11.9 Å². The molecule has 0 unspecified atom stereocenters. The molecule has 0 radical (unpaired) electrons. The summed E-state index contributed by atoms with van der Waals surface area (Å²) in [6.07, 6.45) is 3.00. The van der Waals surface area contributed by atoms with Crippen LogP contribution in [0.15, 0.2) is 16.7 Å². The van der Waals surface area contributed by atoms with Crippen molar-refractivity contribution in [1.82, 2.24) is 4.98 Å². The van der Waals surface area contributed by atoms with Gasteiger partial charge in [0.15, 0.2) is 0 Å². The number of hydrogen-bond donors (Lipinski definition) is 1. The molecule has 2 nitrogen and oxygen atoms in total. The van der Waals surface area contributed by atoms with E-state index < -0.39 is 0 Å². The topological polar surface area (TPSA) is 24.9 Å². The van der Waals surface area contributed by atoms with E-state index in [0.717, 1.165) is 22.8 Å².